The van der Waals surface area contributed by atoms with Crippen molar-refractivity contribution in [1.29, 1.82) is 0 Å². The van der Waals surface area contributed by atoms with E-state index in [2.05, 4.69) is 0 Å². The summed E-state index contributed by atoms with van der Waals surface area (Å²) in [6.07, 6.45) is 4.94. The molecule has 26 heavy (non-hydrogen) atoms. The molecule has 0 bridgehead atoms. The van der Waals surface area contributed by atoms with E-state index in [1.807, 2.05) is 0 Å². The zero-order valence-electron chi connectivity index (χ0n) is 13.5. The maximum Gasteiger partial charge on any atom is 0.343 e. The van der Waals surface area contributed by atoms with Gasteiger partial charge in [0, 0.05) is 17.5 Å². The molecule has 128 valence electrons. The molecule has 0 N–H and O–H groups in total. The van der Waals surface area contributed by atoms with Gasteiger partial charge in [0.1, 0.15) is 17.4 Å². The van der Waals surface area contributed by atoms with E-state index in [0.717, 1.165) is 0 Å². The lowest BCUT2D eigenvalue weighted by molar-refractivity contribution is -0.130. The Kier molecular flexibility index (Phi) is 3.97. The van der Waals surface area contributed by atoms with E-state index in [1.54, 1.807) is 65.4 Å². The first kappa shape index (κ1) is 16.0. The smallest absolute Gasteiger partial charge is 0.343 e. The number of hydrogen-bond acceptors (Lipinski definition) is 2. The summed E-state index contributed by atoms with van der Waals surface area (Å²) in [7, 11) is 0. The quantitative estimate of drug-likeness (QED) is 0.505. The van der Waals surface area contributed by atoms with E-state index in [9.17, 15) is 13.6 Å². The summed E-state index contributed by atoms with van der Waals surface area (Å²) >= 11 is 0. The highest BCUT2D eigenvalue weighted by molar-refractivity contribution is 6.05. The van der Waals surface area contributed by atoms with Crippen molar-refractivity contribution >= 4 is 17.8 Å². The van der Waals surface area contributed by atoms with Gasteiger partial charge in [0.25, 0.3) is 0 Å². The third-order valence-electron chi connectivity index (χ3n) is 4.05. The highest BCUT2D eigenvalue weighted by atomic mass is 19.1. The average molecular weight is 349 g/mol. The molecule has 4 rings (SSSR count). The molecule has 3 nitrogen and oxygen atoms in total. The molecular weight excluding hydrogens is 336 g/mol. The van der Waals surface area contributed by atoms with Crippen LogP contribution in [0, 0.1) is 11.6 Å². The topological polar surface area (TPSA) is 31.2 Å². The molecule has 0 saturated carbocycles. The zero-order chi connectivity index (χ0) is 18.1. The summed E-state index contributed by atoms with van der Waals surface area (Å²) < 4.78 is 34.0. The second-order valence-corrected chi connectivity index (χ2v) is 5.76. The van der Waals surface area contributed by atoms with Gasteiger partial charge in [-0.3, -0.25) is 0 Å². The molecule has 0 atom stereocenters. The molecular formula is C21H13F2NO2. The average Bonchev–Trinajstić information content (AvgIpc) is 3.24. The molecule has 0 fully saturated rings. The number of para-hydroxylation sites is 1. The maximum absolute atomic E-state index is 14.1. The first-order valence-corrected chi connectivity index (χ1v) is 7.95. The van der Waals surface area contributed by atoms with Gasteiger partial charge in [0.2, 0.25) is 0 Å². The Labute approximate surface area is 148 Å². The minimum Gasteiger partial charge on any atom is -0.422 e. The summed E-state index contributed by atoms with van der Waals surface area (Å²) in [6, 6.07) is 15.6. The van der Waals surface area contributed by atoms with Crippen LogP contribution in [0.3, 0.4) is 0 Å². The van der Waals surface area contributed by atoms with Gasteiger partial charge < -0.3 is 9.30 Å². The number of carbonyl (C=O) groups excluding carboxylic acids is 1. The number of rotatable bonds is 3. The van der Waals surface area contributed by atoms with Crippen LogP contribution in [0.2, 0.25) is 0 Å². The number of benzene rings is 2. The van der Waals surface area contributed by atoms with Crippen molar-refractivity contribution in [3.8, 4) is 5.69 Å². The summed E-state index contributed by atoms with van der Waals surface area (Å²) in [5, 5.41) is 0. The van der Waals surface area contributed by atoms with Gasteiger partial charge in [-0.1, -0.05) is 12.1 Å². The summed E-state index contributed by atoms with van der Waals surface area (Å²) in [4.78, 5) is 12.2. The fourth-order valence-electron chi connectivity index (χ4n) is 2.78. The zero-order valence-corrected chi connectivity index (χ0v) is 13.5. The molecule has 1 aliphatic heterocycles. The van der Waals surface area contributed by atoms with E-state index in [1.165, 1.54) is 18.2 Å². The van der Waals surface area contributed by atoms with Crippen LogP contribution >= 0.6 is 0 Å². The second kappa shape index (κ2) is 6.44. The van der Waals surface area contributed by atoms with Crippen LogP contribution in [0.1, 0.15) is 11.3 Å². The number of carbonyl (C=O) groups is 1. The van der Waals surface area contributed by atoms with Crippen molar-refractivity contribution in [3.63, 3.8) is 0 Å². The van der Waals surface area contributed by atoms with E-state index in [0.29, 0.717) is 28.3 Å². The molecule has 0 saturated heterocycles. The van der Waals surface area contributed by atoms with Gasteiger partial charge in [-0.2, -0.15) is 0 Å². The number of halogens is 2. The fraction of sp³-hybridized carbons (Fsp3) is 0. The van der Waals surface area contributed by atoms with Crippen molar-refractivity contribution < 1.29 is 18.3 Å². The van der Waals surface area contributed by atoms with E-state index < -0.39 is 5.97 Å². The first-order chi connectivity index (χ1) is 12.6. The summed E-state index contributed by atoms with van der Waals surface area (Å²) in [5.41, 5.74) is 1.96. The van der Waals surface area contributed by atoms with E-state index in [-0.39, 0.29) is 11.6 Å². The minimum atomic E-state index is -0.509. The van der Waals surface area contributed by atoms with Gasteiger partial charge in [-0.15, -0.1) is 0 Å². The predicted molar refractivity (Wildman–Crippen MR) is 94.2 cm³/mol. The Morgan fingerprint density at radius 3 is 2.46 bits per heavy atom. The van der Waals surface area contributed by atoms with Crippen molar-refractivity contribution in [1.82, 2.24) is 4.57 Å². The highest BCUT2D eigenvalue weighted by Gasteiger charge is 2.22. The third-order valence-corrected chi connectivity index (χ3v) is 4.05. The monoisotopic (exact) mass is 349 g/mol. The Balaban J connectivity index is 1.71. The molecule has 5 heteroatoms. The second-order valence-electron chi connectivity index (χ2n) is 5.76. The Morgan fingerprint density at radius 1 is 0.923 bits per heavy atom. The molecule has 0 aliphatic carbocycles. The molecule has 3 aromatic rings. The predicted octanol–water partition coefficient (Wildman–Crippen LogP) is 4.74. The van der Waals surface area contributed by atoms with Gasteiger partial charge in [0.05, 0.1) is 11.3 Å². The van der Waals surface area contributed by atoms with Crippen molar-refractivity contribution in [2.45, 2.75) is 0 Å². The van der Waals surface area contributed by atoms with Crippen LogP contribution in [-0.4, -0.2) is 10.5 Å². The molecule has 1 aromatic heterocycles. The Morgan fingerprint density at radius 2 is 1.69 bits per heavy atom. The normalized spacial score (nSPS) is 15.2. The largest absolute Gasteiger partial charge is 0.422 e. The number of ether oxygens (including phenoxy) is 1. The first-order valence-electron chi connectivity index (χ1n) is 7.95. The van der Waals surface area contributed by atoms with Crippen LogP contribution < -0.4 is 0 Å². The Hall–Kier alpha value is -3.47. The fourth-order valence-corrected chi connectivity index (χ4v) is 2.78. The van der Waals surface area contributed by atoms with Crippen molar-refractivity contribution in [2.75, 3.05) is 0 Å². The molecule has 0 radical (unpaired) electrons. The number of aromatic nitrogens is 1. The minimum absolute atomic E-state index is 0.334. The number of nitrogens with zero attached hydrogens (tertiary/aromatic N) is 1. The SMILES string of the molecule is O=C1OC(c2ccc(F)cc2)=C/C1=C/c1cccn1-c1ccccc1F. The van der Waals surface area contributed by atoms with E-state index in [4.69, 9.17) is 4.74 Å². The maximum atomic E-state index is 14.1. The molecule has 2 aromatic carbocycles. The molecule has 2 heterocycles. The standard InChI is InChI=1S/C21H13F2NO2/c22-16-9-7-14(8-10-16)20-13-15(21(25)26-20)12-17-4-3-11-24(17)19-6-2-1-5-18(19)23/h1-13H/b15-12-. The third kappa shape index (κ3) is 2.95. The van der Waals surface area contributed by atoms with E-state index >= 15 is 0 Å². The molecule has 0 unspecified atom stereocenters. The van der Waals surface area contributed by atoms with Crippen LogP contribution in [0.15, 0.2) is 78.5 Å². The van der Waals surface area contributed by atoms with Crippen LogP contribution in [0.4, 0.5) is 8.78 Å². The van der Waals surface area contributed by atoms with Crippen molar-refractivity contribution in [2.24, 2.45) is 0 Å². The lowest BCUT2D eigenvalue weighted by Crippen LogP contribution is -2.00. The summed E-state index contributed by atoms with van der Waals surface area (Å²) in [5.74, 6) is -0.882. The van der Waals surface area contributed by atoms with Crippen LogP contribution in [0.25, 0.3) is 17.5 Å². The van der Waals surface area contributed by atoms with Crippen molar-refractivity contribution in [3.05, 3.63) is 101 Å². The molecule has 1 aliphatic rings. The van der Waals surface area contributed by atoms with Crippen LogP contribution in [0.5, 0.6) is 0 Å². The van der Waals surface area contributed by atoms with Crippen LogP contribution in [-0.2, 0) is 9.53 Å². The number of cyclic esters (lactones) is 1. The Bertz CT molecular complexity index is 1050. The van der Waals surface area contributed by atoms with Gasteiger partial charge in [-0.05, 0) is 60.7 Å². The highest BCUT2D eigenvalue weighted by Crippen LogP contribution is 2.28. The molecule has 0 spiro atoms. The number of esters is 1. The molecule has 0 amide bonds. The summed E-state index contributed by atoms with van der Waals surface area (Å²) in [6.45, 7) is 0. The lowest BCUT2D eigenvalue weighted by Gasteiger charge is -2.07. The van der Waals surface area contributed by atoms with Gasteiger partial charge >= 0.3 is 5.97 Å². The lowest BCUT2D eigenvalue weighted by atomic mass is 10.1. The number of hydrogen-bond donors (Lipinski definition) is 0. The van der Waals surface area contributed by atoms with Gasteiger partial charge in [0.15, 0.2) is 0 Å². The van der Waals surface area contributed by atoms with Gasteiger partial charge in [-0.25, -0.2) is 13.6 Å².